The first-order valence-electron chi connectivity index (χ1n) is 5.52. The van der Waals surface area contributed by atoms with E-state index in [4.69, 9.17) is 10.6 Å². The molecule has 94 valence electrons. The van der Waals surface area contributed by atoms with Crippen molar-refractivity contribution in [3.8, 4) is 0 Å². The van der Waals surface area contributed by atoms with E-state index in [1.165, 1.54) is 6.33 Å². The molecule has 1 aliphatic heterocycles. The molecule has 3 N–H and O–H groups in total. The highest BCUT2D eigenvalue weighted by Crippen LogP contribution is 2.28. The molecule has 17 heavy (non-hydrogen) atoms. The molecule has 1 aliphatic rings. The molecule has 2 rings (SSSR count). The third kappa shape index (κ3) is 2.85. The molecule has 1 unspecified atom stereocenters. The predicted octanol–water partition coefficient (Wildman–Crippen LogP) is 1.14. The monoisotopic (exact) mass is 301 g/mol. The molecule has 1 fully saturated rings. The topological polar surface area (TPSA) is 76.3 Å². The van der Waals surface area contributed by atoms with Crippen LogP contribution in [-0.2, 0) is 4.74 Å². The Morgan fingerprint density at radius 1 is 1.65 bits per heavy atom. The van der Waals surface area contributed by atoms with Crippen LogP contribution in [-0.4, -0.2) is 36.3 Å². The summed E-state index contributed by atoms with van der Waals surface area (Å²) in [5, 5.41) is 0. The number of nitrogen functional groups attached to an aromatic ring is 1. The molecule has 1 aromatic heterocycles. The second kappa shape index (κ2) is 5.61. The molecule has 0 aliphatic carbocycles. The van der Waals surface area contributed by atoms with Crippen molar-refractivity contribution >= 4 is 27.6 Å². The Morgan fingerprint density at radius 3 is 3.12 bits per heavy atom. The van der Waals surface area contributed by atoms with Gasteiger partial charge in [0.25, 0.3) is 0 Å². The van der Waals surface area contributed by atoms with Crippen LogP contribution >= 0.6 is 15.9 Å². The average Bonchev–Trinajstić information content (AvgIpc) is 2.82. The van der Waals surface area contributed by atoms with E-state index in [-0.39, 0.29) is 6.10 Å². The van der Waals surface area contributed by atoms with Crippen LogP contribution in [0.25, 0.3) is 0 Å². The number of likely N-dealkylation sites (N-methyl/N-ethyl adjacent to an activating group) is 1. The molecule has 1 saturated heterocycles. The fourth-order valence-corrected chi connectivity index (χ4v) is 2.53. The summed E-state index contributed by atoms with van der Waals surface area (Å²) in [6.07, 6.45) is 4.02. The molecule has 1 aromatic rings. The number of nitrogens with one attached hydrogen (secondary N) is 1. The van der Waals surface area contributed by atoms with Crippen molar-refractivity contribution in [2.45, 2.75) is 18.9 Å². The molecule has 7 heteroatoms. The Balaban J connectivity index is 2.09. The van der Waals surface area contributed by atoms with Gasteiger partial charge in [-0.1, -0.05) is 0 Å². The van der Waals surface area contributed by atoms with Crippen LogP contribution in [0.1, 0.15) is 12.8 Å². The van der Waals surface area contributed by atoms with Crippen molar-refractivity contribution in [3.05, 3.63) is 10.8 Å². The van der Waals surface area contributed by atoms with Crippen LogP contribution in [0.15, 0.2) is 10.8 Å². The lowest BCUT2D eigenvalue weighted by Gasteiger charge is -2.23. The van der Waals surface area contributed by atoms with Crippen molar-refractivity contribution < 1.29 is 4.74 Å². The summed E-state index contributed by atoms with van der Waals surface area (Å²) in [6.45, 7) is 1.68. The van der Waals surface area contributed by atoms with Crippen LogP contribution in [0, 0.1) is 0 Å². The average molecular weight is 302 g/mol. The van der Waals surface area contributed by atoms with E-state index in [1.807, 2.05) is 11.9 Å². The zero-order valence-electron chi connectivity index (χ0n) is 9.69. The molecule has 0 bridgehead atoms. The highest BCUT2D eigenvalue weighted by atomic mass is 79.9. The van der Waals surface area contributed by atoms with Gasteiger partial charge in [0.15, 0.2) is 5.82 Å². The van der Waals surface area contributed by atoms with Gasteiger partial charge in [0.1, 0.15) is 16.6 Å². The zero-order chi connectivity index (χ0) is 12.3. The van der Waals surface area contributed by atoms with Crippen LogP contribution in [0.2, 0.25) is 0 Å². The Bertz CT molecular complexity index is 383. The Morgan fingerprint density at radius 2 is 2.47 bits per heavy atom. The first kappa shape index (κ1) is 12.5. The molecular formula is C10H16BrN5O. The lowest BCUT2D eigenvalue weighted by molar-refractivity contribution is 0.116. The van der Waals surface area contributed by atoms with E-state index >= 15 is 0 Å². The zero-order valence-corrected chi connectivity index (χ0v) is 11.3. The lowest BCUT2D eigenvalue weighted by Crippen LogP contribution is -2.29. The molecule has 0 aromatic carbocycles. The molecule has 0 saturated carbocycles. The molecule has 0 spiro atoms. The van der Waals surface area contributed by atoms with E-state index in [1.54, 1.807) is 0 Å². The van der Waals surface area contributed by atoms with Crippen molar-refractivity contribution in [1.82, 2.24) is 9.97 Å². The summed E-state index contributed by atoms with van der Waals surface area (Å²) in [5.41, 5.74) is 2.53. The first-order valence-corrected chi connectivity index (χ1v) is 6.31. The maximum absolute atomic E-state index is 5.60. The van der Waals surface area contributed by atoms with Crippen molar-refractivity contribution in [2.24, 2.45) is 5.84 Å². The number of hydrogen-bond donors (Lipinski definition) is 2. The van der Waals surface area contributed by atoms with Gasteiger partial charge in [-0.3, -0.25) is 0 Å². The second-order valence-corrected chi connectivity index (χ2v) is 4.81. The third-order valence-electron chi connectivity index (χ3n) is 2.77. The van der Waals surface area contributed by atoms with Crippen LogP contribution in [0.5, 0.6) is 0 Å². The largest absolute Gasteiger partial charge is 0.376 e. The van der Waals surface area contributed by atoms with Gasteiger partial charge in [-0.25, -0.2) is 15.8 Å². The minimum atomic E-state index is 0.288. The minimum absolute atomic E-state index is 0.288. The fraction of sp³-hybridized carbons (Fsp3) is 0.600. The van der Waals surface area contributed by atoms with Gasteiger partial charge in [0.05, 0.1) is 6.10 Å². The number of aromatic nitrogens is 2. The van der Waals surface area contributed by atoms with Crippen molar-refractivity contribution in [3.63, 3.8) is 0 Å². The van der Waals surface area contributed by atoms with Gasteiger partial charge in [-0.05, 0) is 28.8 Å². The number of hydrazine groups is 1. The van der Waals surface area contributed by atoms with Crippen molar-refractivity contribution in [2.75, 3.05) is 30.5 Å². The summed E-state index contributed by atoms with van der Waals surface area (Å²) in [5.74, 6) is 6.76. The van der Waals surface area contributed by atoms with Crippen LogP contribution < -0.4 is 16.2 Å². The number of rotatable bonds is 4. The highest BCUT2D eigenvalue weighted by Gasteiger charge is 2.20. The second-order valence-electron chi connectivity index (χ2n) is 4.02. The van der Waals surface area contributed by atoms with Gasteiger partial charge in [0.2, 0.25) is 0 Å². The number of ether oxygens (including phenoxy) is 1. The summed E-state index contributed by atoms with van der Waals surface area (Å²) in [4.78, 5) is 10.3. The molecule has 1 atom stereocenters. The Kier molecular flexibility index (Phi) is 4.14. The maximum Gasteiger partial charge on any atom is 0.159 e. The quantitative estimate of drug-likeness (QED) is 0.641. The molecular weight excluding hydrogens is 286 g/mol. The molecule has 6 nitrogen and oxygen atoms in total. The van der Waals surface area contributed by atoms with E-state index < -0.39 is 0 Å². The van der Waals surface area contributed by atoms with E-state index in [0.29, 0.717) is 5.82 Å². The predicted molar refractivity (Wildman–Crippen MR) is 69.8 cm³/mol. The van der Waals surface area contributed by atoms with Crippen LogP contribution in [0.3, 0.4) is 0 Å². The van der Waals surface area contributed by atoms with Gasteiger partial charge in [0, 0.05) is 20.2 Å². The Labute approximate surface area is 109 Å². The fourth-order valence-electron chi connectivity index (χ4n) is 1.91. The number of halogens is 1. The summed E-state index contributed by atoms with van der Waals surface area (Å²) >= 11 is 3.44. The standard InChI is InChI=1S/C10H16BrN5O/c1-16(5-7-3-2-4-17-7)10-8(11)9(15-12)13-6-14-10/h6-7H,2-5,12H2,1H3,(H,13,14,15). The highest BCUT2D eigenvalue weighted by molar-refractivity contribution is 9.10. The van der Waals surface area contributed by atoms with Gasteiger partial charge in [-0.15, -0.1) is 0 Å². The van der Waals surface area contributed by atoms with Crippen molar-refractivity contribution in [1.29, 1.82) is 0 Å². The number of hydrogen-bond acceptors (Lipinski definition) is 6. The lowest BCUT2D eigenvalue weighted by atomic mass is 10.2. The van der Waals surface area contributed by atoms with Crippen LogP contribution in [0.4, 0.5) is 11.6 Å². The van der Waals surface area contributed by atoms with E-state index in [2.05, 4.69) is 31.3 Å². The summed E-state index contributed by atoms with van der Waals surface area (Å²) in [6, 6.07) is 0. The van der Waals surface area contributed by atoms with E-state index in [9.17, 15) is 0 Å². The van der Waals surface area contributed by atoms with Gasteiger partial charge < -0.3 is 15.1 Å². The number of anilines is 2. The summed E-state index contributed by atoms with van der Waals surface area (Å²) < 4.78 is 6.37. The van der Waals surface area contributed by atoms with Gasteiger partial charge in [-0.2, -0.15) is 0 Å². The number of nitrogens with zero attached hydrogens (tertiary/aromatic N) is 3. The maximum atomic E-state index is 5.60. The Hall–Kier alpha value is -0.920. The molecule has 0 amide bonds. The van der Waals surface area contributed by atoms with Gasteiger partial charge >= 0.3 is 0 Å². The minimum Gasteiger partial charge on any atom is -0.376 e. The molecule has 0 radical (unpaired) electrons. The SMILES string of the molecule is CN(CC1CCCO1)c1ncnc(NN)c1Br. The summed E-state index contributed by atoms with van der Waals surface area (Å²) in [7, 11) is 1.98. The smallest absolute Gasteiger partial charge is 0.159 e. The molecule has 2 heterocycles. The van der Waals surface area contributed by atoms with E-state index in [0.717, 1.165) is 36.3 Å². The third-order valence-corrected chi connectivity index (χ3v) is 3.50. The number of nitrogens with two attached hydrogens (primary N) is 1. The first-order chi connectivity index (χ1) is 8.22. The normalized spacial score (nSPS) is 19.4.